The average Bonchev–Trinajstić information content (AvgIpc) is 2.85. The van der Waals surface area contributed by atoms with E-state index in [1.165, 1.54) is 23.6 Å². The zero-order chi connectivity index (χ0) is 12.6. The molecule has 2 aromatic rings. The van der Waals surface area contributed by atoms with E-state index in [-0.39, 0.29) is 11.5 Å². The van der Waals surface area contributed by atoms with E-state index in [1.807, 2.05) is 0 Å². The molecular weight excluding hydrogens is 220 g/mol. The average molecular weight is 240 g/mol. The molecule has 1 saturated carbocycles. The highest BCUT2D eigenvalue weighted by atomic mass is 16.3. The van der Waals surface area contributed by atoms with Crippen LogP contribution in [0.25, 0.3) is 10.8 Å². The summed E-state index contributed by atoms with van der Waals surface area (Å²) in [6.45, 7) is 2.23. The second kappa shape index (κ2) is 4.40. The summed E-state index contributed by atoms with van der Waals surface area (Å²) < 4.78 is 0. The Kier molecular flexibility index (Phi) is 2.87. The molecule has 18 heavy (non-hydrogen) atoms. The summed E-state index contributed by atoms with van der Waals surface area (Å²) in [6.07, 6.45) is 4.43. The summed E-state index contributed by atoms with van der Waals surface area (Å²) in [6, 6.07) is 14.6. The van der Waals surface area contributed by atoms with E-state index < -0.39 is 0 Å². The molecule has 0 saturated heterocycles. The van der Waals surface area contributed by atoms with Crippen molar-refractivity contribution in [3.63, 3.8) is 0 Å². The lowest BCUT2D eigenvalue weighted by Gasteiger charge is -2.31. The first-order valence-corrected chi connectivity index (χ1v) is 6.86. The molecule has 0 aromatic heterocycles. The molecule has 1 N–H and O–H groups in total. The number of benzene rings is 2. The van der Waals surface area contributed by atoms with Gasteiger partial charge in [0.15, 0.2) is 0 Å². The quantitative estimate of drug-likeness (QED) is 0.822. The molecule has 0 bridgehead atoms. The Balaban J connectivity index is 2.08. The normalized spacial score (nSPS) is 20.1. The Morgan fingerprint density at radius 3 is 2.44 bits per heavy atom. The number of fused-ring (bicyclic) bond motifs is 1. The van der Waals surface area contributed by atoms with Gasteiger partial charge in [0.2, 0.25) is 0 Å². The Hall–Kier alpha value is -1.34. The van der Waals surface area contributed by atoms with E-state index in [0.29, 0.717) is 0 Å². The van der Waals surface area contributed by atoms with Crippen LogP contribution in [0.15, 0.2) is 42.5 Å². The molecule has 0 heterocycles. The maximum atomic E-state index is 10.8. The van der Waals surface area contributed by atoms with E-state index in [4.69, 9.17) is 0 Å². The lowest BCUT2D eigenvalue weighted by Crippen LogP contribution is -2.22. The first-order chi connectivity index (χ1) is 8.71. The molecule has 3 rings (SSSR count). The van der Waals surface area contributed by atoms with Gasteiger partial charge in [0.25, 0.3) is 0 Å². The minimum atomic E-state index is -0.342. The van der Waals surface area contributed by atoms with Crippen molar-refractivity contribution in [3.05, 3.63) is 48.0 Å². The summed E-state index contributed by atoms with van der Waals surface area (Å²) in [5, 5.41) is 13.2. The SMILES string of the molecule is CC1(C(O)c2cccc3ccccc23)CCCC1. The van der Waals surface area contributed by atoms with Crippen LogP contribution in [0.1, 0.15) is 44.3 Å². The van der Waals surface area contributed by atoms with Gasteiger partial charge >= 0.3 is 0 Å². The highest BCUT2D eigenvalue weighted by Crippen LogP contribution is 2.48. The van der Waals surface area contributed by atoms with Gasteiger partial charge < -0.3 is 5.11 Å². The molecule has 1 heteroatoms. The zero-order valence-electron chi connectivity index (χ0n) is 10.9. The summed E-state index contributed by atoms with van der Waals surface area (Å²) >= 11 is 0. The molecule has 1 aliphatic carbocycles. The van der Waals surface area contributed by atoms with Crippen molar-refractivity contribution >= 4 is 10.8 Å². The van der Waals surface area contributed by atoms with Crippen molar-refractivity contribution < 1.29 is 5.11 Å². The van der Waals surface area contributed by atoms with Gasteiger partial charge in [-0.1, -0.05) is 62.2 Å². The molecule has 0 spiro atoms. The molecular formula is C17H20O. The van der Waals surface area contributed by atoms with Crippen molar-refractivity contribution in [1.29, 1.82) is 0 Å². The third-order valence-corrected chi connectivity index (χ3v) is 4.52. The van der Waals surface area contributed by atoms with Gasteiger partial charge in [-0.25, -0.2) is 0 Å². The molecule has 0 aliphatic heterocycles. The van der Waals surface area contributed by atoms with E-state index >= 15 is 0 Å². The van der Waals surface area contributed by atoms with Gasteiger partial charge in [-0.15, -0.1) is 0 Å². The number of aliphatic hydroxyl groups is 1. The van der Waals surface area contributed by atoms with Gasteiger partial charge in [0, 0.05) is 0 Å². The van der Waals surface area contributed by atoms with E-state index in [2.05, 4.69) is 49.4 Å². The van der Waals surface area contributed by atoms with Crippen molar-refractivity contribution in [3.8, 4) is 0 Å². The summed E-state index contributed by atoms with van der Waals surface area (Å²) in [4.78, 5) is 0. The van der Waals surface area contributed by atoms with Gasteiger partial charge in [-0.2, -0.15) is 0 Å². The Bertz CT molecular complexity index is 547. The summed E-state index contributed by atoms with van der Waals surface area (Å²) in [5.74, 6) is 0. The van der Waals surface area contributed by atoms with E-state index in [0.717, 1.165) is 18.4 Å². The zero-order valence-corrected chi connectivity index (χ0v) is 10.9. The molecule has 94 valence electrons. The molecule has 2 aromatic carbocycles. The standard InChI is InChI=1S/C17H20O/c1-17(11-4-5-12-17)16(18)15-10-6-8-13-7-2-3-9-14(13)15/h2-3,6-10,16,18H,4-5,11-12H2,1H3. The second-order valence-corrected chi connectivity index (χ2v) is 5.83. The van der Waals surface area contributed by atoms with Crippen LogP contribution in [0.4, 0.5) is 0 Å². The molecule has 1 aliphatic rings. The highest BCUT2D eigenvalue weighted by Gasteiger charge is 2.37. The number of hydrogen-bond acceptors (Lipinski definition) is 1. The Morgan fingerprint density at radius 1 is 1.00 bits per heavy atom. The largest absolute Gasteiger partial charge is 0.388 e. The predicted molar refractivity (Wildman–Crippen MR) is 75.5 cm³/mol. The van der Waals surface area contributed by atoms with E-state index in [9.17, 15) is 5.11 Å². The van der Waals surface area contributed by atoms with Crippen molar-refractivity contribution in [1.82, 2.24) is 0 Å². The molecule has 1 fully saturated rings. The van der Waals surface area contributed by atoms with Gasteiger partial charge in [-0.05, 0) is 34.6 Å². The van der Waals surface area contributed by atoms with Crippen LogP contribution in [0.3, 0.4) is 0 Å². The Labute approximate surface area is 108 Å². The summed E-state index contributed by atoms with van der Waals surface area (Å²) in [5.41, 5.74) is 1.15. The fourth-order valence-electron chi connectivity index (χ4n) is 3.32. The molecule has 1 atom stereocenters. The lowest BCUT2D eigenvalue weighted by atomic mass is 9.78. The monoisotopic (exact) mass is 240 g/mol. The number of rotatable bonds is 2. The fraction of sp³-hybridized carbons (Fsp3) is 0.412. The van der Waals surface area contributed by atoms with Crippen LogP contribution >= 0.6 is 0 Å². The van der Waals surface area contributed by atoms with Gasteiger partial charge in [0.1, 0.15) is 0 Å². The number of aliphatic hydroxyl groups excluding tert-OH is 1. The van der Waals surface area contributed by atoms with E-state index in [1.54, 1.807) is 0 Å². The van der Waals surface area contributed by atoms with Crippen molar-refractivity contribution in [2.75, 3.05) is 0 Å². The lowest BCUT2D eigenvalue weighted by molar-refractivity contribution is 0.0420. The maximum absolute atomic E-state index is 10.8. The second-order valence-electron chi connectivity index (χ2n) is 5.83. The molecule has 0 radical (unpaired) electrons. The van der Waals surface area contributed by atoms with Crippen LogP contribution in [0.5, 0.6) is 0 Å². The van der Waals surface area contributed by atoms with Crippen LogP contribution in [-0.4, -0.2) is 5.11 Å². The molecule has 0 amide bonds. The van der Waals surface area contributed by atoms with Crippen LogP contribution in [0, 0.1) is 5.41 Å². The Morgan fingerprint density at radius 2 is 1.67 bits per heavy atom. The minimum Gasteiger partial charge on any atom is -0.388 e. The molecule has 1 unspecified atom stereocenters. The maximum Gasteiger partial charge on any atom is 0.0849 e. The van der Waals surface area contributed by atoms with Crippen molar-refractivity contribution in [2.45, 2.75) is 38.7 Å². The summed E-state index contributed by atoms with van der Waals surface area (Å²) in [7, 11) is 0. The van der Waals surface area contributed by atoms with Crippen LogP contribution in [-0.2, 0) is 0 Å². The first-order valence-electron chi connectivity index (χ1n) is 6.86. The van der Waals surface area contributed by atoms with Crippen LogP contribution < -0.4 is 0 Å². The minimum absolute atomic E-state index is 0.0596. The third kappa shape index (κ3) is 1.83. The fourth-order valence-corrected chi connectivity index (χ4v) is 3.32. The first kappa shape index (κ1) is 11.7. The molecule has 1 nitrogen and oxygen atoms in total. The van der Waals surface area contributed by atoms with Gasteiger partial charge in [0.05, 0.1) is 6.10 Å². The highest BCUT2D eigenvalue weighted by molar-refractivity contribution is 5.86. The number of hydrogen-bond donors (Lipinski definition) is 1. The topological polar surface area (TPSA) is 20.2 Å². The predicted octanol–water partition coefficient (Wildman–Crippen LogP) is 4.45. The third-order valence-electron chi connectivity index (χ3n) is 4.52. The van der Waals surface area contributed by atoms with Crippen LogP contribution in [0.2, 0.25) is 0 Å². The van der Waals surface area contributed by atoms with Gasteiger partial charge in [-0.3, -0.25) is 0 Å². The van der Waals surface area contributed by atoms with Crippen molar-refractivity contribution in [2.24, 2.45) is 5.41 Å². The smallest absolute Gasteiger partial charge is 0.0849 e.